The number of rotatable bonds is 2. The molecule has 0 radical (unpaired) electrons. The number of benzene rings is 2. The second-order valence-electron chi connectivity index (χ2n) is 4.93. The fourth-order valence-corrected chi connectivity index (χ4v) is 2.32. The highest BCUT2D eigenvalue weighted by Crippen LogP contribution is 2.31. The van der Waals surface area contributed by atoms with Crippen molar-refractivity contribution in [2.24, 2.45) is 0 Å². The van der Waals surface area contributed by atoms with Gasteiger partial charge in [0.1, 0.15) is 12.1 Å². The van der Waals surface area contributed by atoms with Gasteiger partial charge in [-0.1, -0.05) is 11.6 Å². The number of ether oxygens (including phenoxy) is 1. The van der Waals surface area contributed by atoms with Crippen LogP contribution in [0, 0.1) is 13.8 Å². The summed E-state index contributed by atoms with van der Waals surface area (Å²) in [6.45, 7) is 3.89. The molecule has 1 aromatic heterocycles. The molecule has 0 bridgehead atoms. The largest absolute Gasteiger partial charge is 0.438 e. The molecular formula is C16H14ClN3O. The van der Waals surface area contributed by atoms with Gasteiger partial charge in [0, 0.05) is 10.7 Å². The zero-order valence-electron chi connectivity index (χ0n) is 11.7. The van der Waals surface area contributed by atoms with Gasteiger partial charge in [-0.05, 0) is 55.3 Å². The van der Waals surface area contributed by atoms with Crippen LogP contribution in [0.5, 0.6) is 11.6 Å². The molecule has 5 heteroatoms. The summed E-state index contributed by atoms with van der Waals surface area (Å²) in [6, 6.07) is 9.22. The molecular weight excluding hydrogens is 286 g/mol. The standard InChI is InChI=1S/C16H14ClN3O/c1-9-5-12(6-10(2)15(9)17)21-16-13-7-11(18)3-4-14(13)19-8-20-16/h3-8H,18H2,1-2H3. The highest BCUT2D eigenvalue weighted by Gasteiger charge is 2.09. The van der Waals surface area contributed by atoms with Gasteiger partial charge in [0.2, 0.25) is 5.88 Å². The van der Waals surface area contributed by atoms with Gasteiger partial charge in [-0.2, -0.15) is 0 Å². The minimum atomic E-state index is 0.480. The van der Waals surface area contributed by atoms with Crippen LogP contribution in [0.2, 0.25) is 5.02 Å². The molecule has 1 heterocycles. The van der Waals surface area contributed by atoms with Crippen molar-refractivity contribution in [1.29, 1.82) is 0 Å². The van der Waals surface area contributed by atoms with Crippen molar-refractivity contribution in [1.82, 2.24) is 9.97 Å². The van der Waals surface area contributed by atoms with Crippen LogP contribution in [0.25, 0.3) is 10.9 Å². The van der Waals surface area contributed by atoms with E-state index in [-0.39, 0.29) is 0 Å². The Morgan fingerprint density at radius 3 is 2.48 bits per heavy atom. The number of hydrogen-bond donors (Lipinski definition) is 1. The highest BCUT2D eigenvalue weighted by atomic mass is 35.5. The van der Waals surface area contributed by atoms with Gasteiger partial charge in [-0.15, -0.1) is 0 Å². The average molecular weight is 300 g/mol. The number of aryl methyl sites for hydroxylation is 2. The number of aromatic nitrogens is 2. The monoisotopic (exact) mass is 299 g/mol. The first-order valence-electron chi connectivity index (χ1n) is 6.49. The number of anilines is 1. The Morgan fingerprint density at radius 1 is 1.05 bits per heavy atom. The van der Waals surface area contributed by atoms with E-state index in [2.05, 4.69) is 9.97 Å². The minimum Gasteiger partial charge on any atom is -0.438 e. The molecule has 3 rings (SSSR count). The molecule has 21 heavy (non-hydrogen) atoms. The van der Waals surface area contributed by atoms with Gasteiger partial charge < -0.3 is 10.5 Å². The average Bonchev–Trinajstić information content (AvgIpc) is 2.45. The molecule has 0 spiro atoms. The minimum absolute atomic E-state index is 0.480. The van der Waals surface area contributed by atoms with E-state index in [0.717, 1.165) is 27.1 Å². The number of nitrogens with zero attached hydrogens (tertiary/aromatic N) is 2. The predicted molar refractivity (Wildman–Crippen MR) is 85.0 cm³/mol. The molecule has 2 aromatic carbocycles. The molecule has 0 fully saturated rings. The molecule has 4 nitrogen and oxygen atoms in total. The summed E-state index contributed by atoms with van der Waals surface area (Å²) in [6.07, 6.45) is 1.48. The second-order valence-corrected chi connectivity index (χ2v) is 5.31. The van der Waals surface area contributed by atoms with Crippen molar-refractivity contribution in [2.45, 2.75) is 13.8 Å². The molecule has 0 amide bonds. The molecule has 106 valence electrons. The summed E-state index contributed by atoms with van der Waals surface area (Å²) in [5.74, 6) is 1.17. The van der Waals surface area contributed by atoms with Gasteiger partial charge in [0.15, 0.2) is 0 Å². The number of hydrogen-bond acceptors (Lipinski definition) is 4. The lowest BCUT2D eigenvalue weighted by Gasteiger charge is -2.10. The maximum atomic E-state index is 6.17. The van der Waals surface area contributed by atoms with Crippen LogP contribution < -0.4 is 10.5 Å². The van der Waals surface area contributed by atoms with Gasteiger partial charge in [-0.3, -0.25) is 0 Å². The van der Waals surface area contributed by atoms with Crippen molar-refractivity contribution in [3.8, 4) is 11.6 Å². The van der Waals surface area contributed by atoms with Gasteiger partial charge in [0.25, 0.3) is 0 Å². The lowest BCUT2D eigenvalue weighted by molar-refractivity contribution is 0.467. The summed E-state index contributed by atoms with van der Waals surface area (Å²) in [7, 11) is 0. The smallest absolute Gasteiger partial charge is 0.230 e. The Hall–Kier alpha value is -2.33. The van der Waals surface area contributed by atoms with Crippen LogP contribution in [-0.2, 0) is 0 Å². The zero-order chi connectivity index (χ0) is 15.0. The van der Waals surface area contributed by atoms with E-state index < -0.39 is 0 Å². The third kappa shape index (κ3) is 2.62. The lowest BCUT2D eigenvalue weighted by Crippen LogP contribution is -1.94. The zero-order valence-corrected chi connectivity index (χ0v) is 12.5. The van der Waals surface area contributed by atoms with Crippen LogP contribution in [0.3, 0.4) is 0 Å². The Balaban J connectivity index is 2.08. The summed E-state index contributed by atoms with van der Waals surface area (Å²) in [4.78, 5) is 8.41. The van der Waals surface area contributed by atoms with Gasteiger partial charge in [-0.25, -0.2) is 9.97 Å². The molecule has 0 unspecified atom stereocenters. The Kier molecular flexibility index (Phi) is 3.39. The van der Waals surface area contributed by atoms with Gasteiger partial charge in [0.05, 0.1) is 10.9 Å². The molecule has 0 saturated heterocycles. The van der Waals surface area contributed by atoms with Crippen molar-refractivity contribution >= 4 is 28.2 Å². The molecule has 0 aliphatic carbocycles. The van der Waals surface area contributed by atoms with Crippen LogP contribution in [0.15, 0.2) is 36.7 Å². The quantitative estimate of drug-likeness (QED) is 0.718. The fraction of sp³-hybridized carbons (Fsp3) is 0.125. The third-order valence-electron chi connectivity index (χ3n) is 3.25. The first-order valence-corrected chi connectivity index (χ1v) is 6.87. The lowest BCUT2D eigenvalue weighted by atomic mass is 10.1. The molecule has 0 aliphatic rings. The SMILES string of the molecule is Cc1cc(Oc2ncnc3ccc(N)cc23)cc(C)c1Cl. The number of nitrogens with two attached hydrogens (primary N) is 1. The first-order chi connectivity index (χ1) is 10.0. The van der Waals surface area contributed by atoms with Crippen LogP contribution in [0.1, 0.15) is 11.1 Å². The van der Waals surface area contributed by atoms with Crippen LogP contribution in [0.4, 0.5) is 5.69 Å². The van der Waals surface area contributed by atoms with E-state index in [1.807, 2.05) is 32.0 Å². The third-order valence-corrected chi connectivity index (χ3v) is 3.84. The van der Waals surface area contributed by atoms with E-state index in [9.17, 15) is 0 Å². The van der Waals surface area contributed by atoms with Crippen molar-refractivity contribution in [3.63, 3.8) is 0 Å². The Bertz CT molecular complexity index is 810. The number of nitrogen functional groups attached to an aromatic ring is 1. The summed E-state index contributed by atoms with van der Waals surface area (Å²) in [5.41, 5.74) is 9.18. The summed E-state index contributed by atoms with van der Waals surface area (Å²) in [5, 5.41) is 1.53. The van der Waals surface area contributed by atoms with E-state index in [0.29, 0.717) is 17.3 Å². The topological polar surface area (TPSA) is 61.0 Å². The van der Waals surface area contributed by atoms with Gasteiger partial charge >= 0.3 is 0 Å². The Morgan fingerprint density at radius 2 is 1.76 bits per heavy atom. The molecule has 0 aliphatic heterocycles. The van der Waals surface area contributed by atoms with Crippen molar-refractivity contribution < 1.29 is 4.74 Å². The summed E-state index contributed by atoms with van der Waals surface area (Å²) >= 11 is 6.17. The normalized spacial score (nSPS) is 10.8. The van der Waals surface area contributed by atoms with E-state index >= 15 is 0 Å². The maximum absolute atomic E-state index is 6.17. The second kappa shape index (κ2) is 5.22. The van der Waals surface area contributed by atoms with Crippen molar-refractivity contribution in [3.05, 3.63) is 52.8 Å². The van der Waals surface area contributed by atoms with E-state index in [1.165, 1.54) is 6.33 Å². The highest BCUT2D eigenvalue weighted by molar-refractivity contribution is 6.32. The summed E-state index contributed by atoms with van der Waals surface area (Å²) < 4.78 is 5.90. The molecule has 3 aromatic rings. The maximum Gasteiger partial charge on any atom is 0.230 e. The first kappa shape index (κ1) is 13.6. The molecule has 0 atom stereocenters. The van der Waals surface area contributed by atoms with E-state index in [4.69, 9.17) is 22.1 Å². The number of fused-ring (bicyclic) bond motifs is 1. The predicted octanol–water partition coefficient (Wildman–Crippen LogP) is 4.27. The number of halogens is 1. The van der Waals surface area contributed by atoms with Crippen LogP contribution in [-0.4, -0.2) is 9.97 Å². The van der Waals surface area contributed by atoms with Crippen molar-refractivity contribution in [2.75, 3.05) is 5.73 Å². The van der Waals surface area contributed by atoms with Crippen LogP contribution >= 0.6 is 11.6 Å². The molecule has 2 N–H and O–H groups in total. The van der Waals surface area contributed by atoms with E-state index in [1.54, 1.807) is 12.1 Å². The Labute approximate surface area is 127 Å². The fourth-order valence-electron chi connectivity index (χ4n) is 2.21. The molecule has 0 saturated carbocycles.